The highest BCUT2D eigenvalue weighted by molar-refractivity contribution is 9.10. The van der Waals surface area contributed by atoms with E-state index in [1.54, 1.807) is 28.8 Å². The molecule has 6 rings (SSSR count). The number of sulfonamides is 1. The molecule has 0 atom stereocenters. The zero-order valence-corrected chi connectivity index (χ0v) is 23.4. The number of para-hydroxylation sites is 2. The molecule has 0 fully saturated rings. The number of halogens is 1. The Bertz CT molecular complexity index is 1960. The van der Waals surface area contributed by atoms with Gasteiger partial charge >= 0.3 is 0 Å². The van der Waals surface area contributed by atoms with Crippen molar-refractivity contribution in [2.24, 2.45) is 0 Å². The van der Waals surface area contributed by atoms with E-state index < -0.39 is 15.9 Å². The Kier molecular flexibility index (Phi) is 6.79. The summed E-state index contributed by atoms with van der Waals surface area (Å²) in [5.74, 6) is -0.442. The normalized spacial score (nSPS) is 11.5. The van der Waals surface area contributed by atoms with E-state index in [9.17, 15) is 13.2 Å². The molecule has 0 saturated heterocycles. The van der Waals surface area contributed by atoms with Crippen LogP contribution >= 0.6 is 15.9 Å². The van der Waals surface area contributed by atoms with E-state index in [0.29, 0.717) is 22.4 Å². The molecule has 0 bridgehead atoms. The van der Waals surface area contributed by atoms with Gasteiger partial charge in [-0.25, -0.2) is 18.4 Å². The van der Waals surface area contributed by atoms with Gasteiger partial charge in [0.2, 0.25) is 0 Å². The number of nitrogens with one attached hydrogen (secondary N) is 2. The average Bonchev–Trinajstić information content (AvgIpc) is 3.28. The molecule has 0 radical (unpaired) electrons. The Balaban J connectivity index is 1.61. The van der Waals surface area contributed by atoms with Gasteiger partial charge in [0.15, 0.2) is 5.65 Å². The second-order valence-electron chi connectivity index (χ2n) is 9.01. The minimum atomic E-state index is -4.09. The largest absolute Gasteiger partial charge is 0.348 e. The number of nitrogens with zero attached hydrogens (tertiary/aromatic N) is 3. The van der Waals surface area contributed by atoms with Crippen LogP contribution in [0.1, 0.15) is 15.9 Å². The lowest BCUT2D eigenvalue weighted by Gasteiger charge is -2.14. The first kappa shape index (κ1) is 25.7. The van der Waals surface area contributed by atoms with Crippen LogP contribution in [0.5, 0.6) is 0 Å². The SMILES string of the molecule is O=C(NCc1ccccc1)c1c(NS(=O)(=O)c2ccccc2)n(-c2ccc(Br)cc2)c2nc3ccccc3nc12. The van der Waals surface area contributed by atoms with Crippen molar-refractivity contribution in [1.29, 1.82) is 0 Å². The van der Waals surface area contributed by atoms with Crippen molar-refractivity contribution in [3.63, 3.8) is 0 Å². The van der Waals surface area contributed by atoms with Crippen LogP contribution in [0.2, 0.25) is 0 Å². The second kappa shape index (κ2) is 10.6. The Morgan fingerprint density at radius 3 is 2.05 bits per heavy atom. The zero-order valence-electron chi connectivity index (χ0n) is 21.0. The van der Waals surface area contributed by atoms with Gasteiger partial charge < -0.3 is 5.32 Å². The number of carbonyl (C=O) groups is 1. The van der Waals surface area contributed by atoms with Gasteiger partial charge in [-0.3, -0.25) is 14.1 Å². The van der Waals surface area contributed by atoms with Crippen LogP contribution in [0.25, 0.3) is 27.9 Å². The molecular formula is C30H22BrN5O3S. The quantitative estimate of drug-likeness (QED) is 0.228. The third-order valence-corrected chi connectivity index (χ3v) is 8.24. The maximum Gasteiger partial charge on any atom is 0.263 e. The van der Waals surface area contributed by atoms with E-state index in [0.717, 1.165) is 10.0 Å². The molecule has 2 N–H and O–H groups in total. The first-order valence-corrected chi connectivity index (χ1v) is 14.7. The van der Waals surface area contributed by atoms with E-state index in [1.165, 1.54) is 12.1 Å². The molecule has 198 valence electrons. The molecule has 2 aromatic heterocycles. The van der Waals surface area contributed by atoms with Crippen molar-refractivity contribution in [3.05, 3.63) is 125 Å². The van der Waals surface area contributed by atoms with Crippen molar-refractivity contribution in [3.8, 4) is 5.69 Å². The van der Waals surface area contributed by atoms with E-state index in [1.807, 2.05) is 72.8 Å². The number of carbonyl (C=O) groups excluding carboxylic acids is 1. The molecule has 0 aliphatic rings. The van der Waals surface area contributed by atoms with Crippen LogP contribution in [0, 0.1) is 0 Å². The fourth-order valence-corrected chi connectivity index (χ4v) is 5.80. The molecule has 0 aliphatic heterocycles. The van der Waals surface area contributed by atoms with Crippen LogP contribution in [0.15, 0.2) is 119 Å². The summed E-state index contributed by atoms with van der Waals surface area (Å²) in [5, 5.41) is 2.93. The van der Waals surface area contributed by atoms with Crippen LogP contribution in [-0.2, 0) is 16.6 Å². The van der Waals surface area contributed by atoms with Crippen LogP contribution in [-0.4, -0.2) is 28.9 Å². The molecule has 0 unspecified atom stereocenters. The third kappa shape index (κ3) is 4.94. The van der Waals surface area contributed by atoms with E-state index in [4.69, 9.17) is 9.97 Å². The number of anilines is 1. The predicted molar refractivity (Wildman–Crippen MR) is 159 cm³/mol. The molecule has 0 aliphatic carbocycles. The number of benzene rings is 4. The molecule has 0 saturated carbocycles. The van der Waals surface area contributed by atoms with Crippen molar-refractivity contribution in [2.45, 2.75) is 11.4 Å². The number of hydrogen-bond acceptors (Lipinski definition) is 5. The van der Waals surface area contributed by atoms with Crippen LogP contribution in [0.4, 0.5) is 5.82 Å². The number of aromatic nitrogens is 3. The lowest BCUT2D eigenvalue weighted by molar-refractivity contribution is 0.0953. The summed E-state index contributed by atoms with van der Waals surface area (Å²) in [5.41, 5.74) is 3.39. The molecule has 2 heterocycles. The molecular weight excluding hydrogens is 590 g/mol. The summed E-state index contributed by atoms with van der Waals surface area (Å²) in [6, 6.07) is 32.1. The molecule has 10 heteroatoms. The number of rotatable bonds is 7. The summed E-state index contributed by atoms with van der Waals surface area (Å²) in [6.45, 7) is 0.247. The van der Waals surface area contributed by atoms with Crippen molar-refractivity contribution in [1.82, 2.24) is 19.9 Å². The number of amides is 1. The third-order valence-electron chi connectivity index (χ3n) is 6.35. The second-order valence-corrected chi connectivity index (χ2v) is 11.6. The maximum absolute atomic E-state index is 13.9. The Labute approximate surface area is 238 Å². The molecule has 0 spiro atoms. The lowest BCUT2D eigenvalue weighted by Crippen LogP contribution is -2.25. The van der Waals surface area contributed by atoms with E-state index in [2.05, 4.69) is 26.0 Å². The van der Waals surface area contributed by atoms with Gasteiger partial charge in [-0.05, 0) is 54.1 Å². The van der Waals surface area contributed by atoms with Crippen LogP contribution < -0.4 is 10.0 Å². The maximum atomic E-state index is 13.9. The minimum absolute atomic E-state index is 0.0436. The number of fused-ring (bicyclic) bond motifs is 2. The van der Waals surface area contributed by atoms with Gasteiger partial charge in [0.1, 0.15) is 16.9 Å². The van der Waals surface area contributed by atoms with Gasteiger partial charge in [-0.2, -0.15) is 0 Å². The van der Waals surface area contributed by atoms with Gasteiger partial charge in [0.25, 0.3) is 15.9 Å². The molecule has 4 aromatic carbocycles. The van der Waals surface area contributed by atoms with Gasteiger partial charge in [-0.15, -0.1) is 0 Å². The summed E-state index contributed by atoms with van der Waals surface area (Å²) in [4.78, 5) is 23.6. The highest BCUT2D eigenvalue weighted by Crippen LogP contribution is 2.34. The average molecular weight is 613 g/mol. The monoisotopic (exact) mass is 611 g/mol. The summed E-state index contributed by atoms with van der Waals surface area (Å²) in [7, 11) is -4.09. The highest BCUT2D eigenvalue weighted by atomic mass is 79.9. The minimum Gasteiger partial charge on any atom is -0.348 e. The predicted octanol–water partition coefficient (Wildman–Crippen LogP) is 6.07. The topological polar surface area (TPSA) is 106 Å². The summed E-state index contributed by atoms with van der Waals surface area (Å²) < 4.78 is 32.4. The first-order valence-electron chi connectivity index (χ1n) is 12.4. The van der Waals surface area contributed by atoms with Crippen molar-refractivity contribution in [2.75, 3.05) is 4.72 Å². The highest BCUT2D eigenvalue weighted by Gasteiger charge is 2.29. The zero-order chi connectivity index (χ0) is 27.7. The Hall–Kier alpha value is -4.54. The van der Waals surface area contributed by atoms with E-state index in [-0.39, 0.29) is 28.3 Å². The molecule has 8 nitrogen and oxygen atoms in total. The Morgan fingerprint density at radius 2 is 1.38 bits per heavy atom. The molecule has 40 heavy (non-hydrogen) atoms. The molecule has 6 aromatic rings. The fraction of sp³-hybridized carbons (Fsp3) is 0.0333. The van der Waals surface area contributed by atoms with E-state index >= 15 is 0 Å². The van der Waals surface area contributed by atoms with Gasteiger partial charge in [0.05, 0.1) is 15.9 Å². The Morgan fingerprint density at radius 1 is 0.775 bits per heavy atom. The van der Waals surface area contributed by atoms with Gasteiger partial charge in [0, 0.05) is 16.7 Å². The summed E-state index contributed by atoms with van der Waals surface area (Å²) >= 11 is 3.46. The lowest BCUT2D eigenvalue weighted by atomic mass is 10.2. The van der Waals surface area contributed by atoms with Crippen molar-refractivity contribution >= 4 is 59.9 Å². The molecule has 1 amide bonds. The standard InChI is InChI=1S/C30H22BrN5O3S/c31-21-15-17-22(18-16-21)36-28(35-40(38,39)23-11-5-2-6-12-23)26(30(37)32-19-20-9-3-1-4-10-20)27-29(36)34-25-14-8-7-13-24(25)33-27/h1-18,35H,19H2,(H,32,37). The first-order chi connectivity index (χ1) is 19.4. The smallest absolute Gasteiger partial charge is 0.263 e. The van der Waals surface area contributed by atoms with Crippen LogP contribution in [0.3, 0.4) is 0 Å². The van der Waals surface area contributed by atoms with Gasteiger partial charge in [-0.1, -0.05) is 76.6 Å². The summed E-state index contributed by atoms with van der Waals surface area (Å²) in [6.07, 6.45) is 0. The number of hydrogen-bond donors (Lipinski definition) is 2. The fourth-order valence-electron chi connectivity index (χ4n) is 4.45. The van der Waals surface area contributed by atoms with Crippen molar-refractivity contribution < 1.29 is 13.2 Å².